The highest BCUT2D eigenvalue weighted by Crippen LogP contribution is 2.06. The van der Waals surface area contributed by atoms with Gasteiger partial charge in [0, 0.05) is 12.6 Å². The molecule has 0 aliphatic rings. The summed E-state index contributed by atoms with van der Waals surface area (Å²) in [6.07, 6.45) is 0.843. The van der Waals surface area contributed by atoms with Gasteiger partial charge in [0.2, 0.25) is 0 Å². The summed E-state index contributed by atoms with van der Waals surface area (Å²) in [5.41, 5.74) is 11.1. The van der Waals surface area contributed by atoms with Crippen molar-refractivity contribution in [3.8, 4) is 0 Å². The molecule has 0 bridgehead atoms. The average molecular weight is 217 g/mol. The van der Waals surface area contributed by atoms with Crippen LogP contribution < -0.4 is 11.5 Å². The summed E-state index contributed by atoms with van der Waals surface area (Å²) >= 11 is 0. The van der Waals surface area contributed by atoms with Gasteiger partial charge in [0.25, 0.3) is 0 Å². The maximum atomic E-state index is 9.42. The van der Waals surface area contributed by atoms with E-state index in [1.165, 1.54) is 6.92 Å². The van der Waals surface area contributed by atoms with E-state index in [9.17, 15) is 5.11 Å². The SMILES string of the molecule is CC(N)=NCCCC[C@H](N)C(O)C(C)O. The van der Waals surface area contributed by atoms with Gasteiger partial charge in [-0.1, -0.05) is 0 Å². The van der Waals surface area contributed by atoms with Crippen molar-refractivity contribution in [2.24, 2.45) is 16.5 Å². The van der Waals surface area contributed by atoms with Gasteiger partial charge in [-0.25, -0.2) is 0 Å². The number of unbranched alkanes of at least 4 members (excludes halogenated alkanes) is 1. The molecule has 0 aromatic heterocycles. The molecule has 0 heterocycles. The highest BCUT2D eigenvalue weighted by atomic mass is 16.3. The maximum absolute atomic E-state index is 9.42. The van der Waals surface area contributed by atoms with Gasteiger partial charge in [0.05, 0.1) is 18.0 Å². The second-order valence-electron chi connectivity index (χ2n) is 3.91. The lowest BCUT2D eigenvalue weighted by atomic mass is 10.0. The Balaban J connectivity index is 3.55. The Morgan fingerprint density at radius 3 is 2.40 bits per heavy atom. The number of aliphatic hydroxyl groups excluding tert-OH is 2. The number of nitrogens with zero attached hydrogens (tertiary/aromatic N) is 1. The molecule has 0 aliphatic heterocycles. The summed E-state index contributed by atoms with van der Waals surface area (Å²) in [7, 11) is 0. The molecule has 5 nitrogen and oxygen atoms in total. The van der Waals surface area contributed by atoms with E-state index in [4.69, 9.17) is 16.6 Å². The zero-order valence-corrected chi connectivity index (χ0v) is 9.56. The molecule has 0 radical (unpaired) electrons. The van der Waals surface area contributed by atoms with Gasteiger partial charge < -0.3 is 21.7 Å². The third kappa shape index (κ3) is 7.30. The molecule has 5 heteroatoms. The second kappa shape index (κ2) is 7.62. The van der Waals surface area contributed by atoms with Crippen molar-refractivity contribution in [3.05, 3.63) is 0 Å². The van der Waals surface area contributed by atoms with Crippen molar-refractivity contribution < 1.29 is 10.2 Å². The molecule has 0 saturated heterocycles. The van der Waals surface area contributed by atoms with Crippen LogP contribution in [0.5, 0.6) is 0 Å². The van der Waals surface area contributed by atoms with Gasteiger partial charge in [0.1, 0.15) is 0 Å². The number of amidine groups is 1. The first-order valence-electron chi connectivity index (χ1n) is 5.33. The fraction of sp³-hybridized carbons (Fsp3) is 0.900. The van der Waals surface area contributed by atoms with Crippen molar-refractivity contribution in [2.75, 3.05) is 6.54 Å². The lowest BCUT2D eigenvalue weighted by molar-refractivity contribution is 0.0131. The van der Waals surface area contributed by atoms with E-state index in [1.807, 2.05) is 0 Å². The summed E-state index contributed by atoms with van der Waals surface area (Å²) in [6.45, 7) is 3.98. The maximum Gasteiger partial charge on any atom is 0.0946 e. The predicted octanol–water partition coefficient (Wildman–Crippen LogP) is -0.397. The number of nitrogens with two attached hydrogens (primary N) is 2. The third-order valence-corrected chi connectivity index (χ3v) is 2.24. The number of hydrogen-bond donors (Lipinski definition) is 4. The normalized spacial score (nSPS) is 18.6. The van der Waals surface area contributed by atoms with E-state index >= 15 is 0 Å². The molecule has 0 fully saturated rings. The predicted molar refractivity (Wildman–Crippen MR) is 61.7 cm³/mol. The van der Waals surface area contributed by atoms with Gasteiger partial charge in [-0.15, -0.1) is 0 Å². The lowest BCUT2D eigenvalue weighted by Crippen LogP contribution is -2.41. The van der Waals surface area contributed by atoms with Crippen LogP contribution in [-0.2, 0) is 0 Å². The number of aliphatic imine (C=N–C) groups is 1. The molecule has 0 amide bonds. The van der Waals surface area contributed by atoms with Gasteiger partial charge in [-0.3, -0.25) is 4.99 Å². The first-order valence-corrected chi connectivity index (χ1v) is 5.33. The summed E-state index contributed by atoms with van der Waals surface area (Å²) in [5, 5.41) is 18.5. The zero-order chi connectivity index (χ0) is 11.8. The van der Waals surface area contributed by atoms with Crippen molar-refractivity contribution in [3.63, 3.8) is 0 Å². The van der Waals surface area contributed by atoms with Gasteiger partial charge in [-0.2, -0.15) is 0 Å². The Bertz CT molecular complexity index is 191. The Morgan fingerprint density at radius 1 is 1.33 bits per heavy atom. The van der Waals surface area contributed by atoms with E-state index in [0.29, 0.717) is 18.8 Å². The quantitative estimate of drug-likeness (QED) is 0.264. The minimum atomic E-state index is -0.843. The fourth-order valence-electron chi connectivity index (χ4n) is 1.28. The van der Waals surface area contributed by atoms with Crippen molar-refractivity contribution >= 4 is 5.84 Å². The number of rotatable bonds is 7. The monoisotopic (exact) mass is 217 g/mol. The molecular weight excluding hydrogens is 194 g/mol. The molecule has 0 aromatic rings. The fourth-order valence-corrected chi connectivity index (χ4v) is 1.28. The standard InChI is InChI=1S/C10H23N3O2/c1-7(14)10(15)9(12)5-3-4-6-13-8(2)11/h7,9-10,14-15H,3-6,12H2,1-2H3,(H2,11,13)/t7?,9-,10?/m0/s1. The van der Waals surface area contributed by atoms with Gasteiger partial charge >= 0.3 is 0 Å². The lowest BCUT2D eigenvalue weighted by Gasteiger charge is -2.20. The summed E-state index contributed by atoms with van der Waals surface area (Å²) in [5.74, 6) is 0.586. The van der Waals surface area contributed by atoms with E-state index in [0.717, 1.165) is 12.8 Å². The number of aliphatic hydroxyl groups is 2. The Hall–Kier alpha value is -0.650. The smallest absolute Gasteiger partial charge is 0.0946 e. The molecule has 3 atom stereocenters. The first kappa shape index (κ1) is 14.3. The van der Waals surface area contributed by atoms with Crippen LogP contribution in [0.1, 0.15) is 33.1 Å². The molecule has 0 aliphatic carbocycles. The molecular formula is C10H23N3O2. The Morgan fingerprint density at radius 2 is 1.93 bits per heavy atom. The van der Waals surface area contributed by atoms with Crippen LogP contribution in [0.3, 0.4) is 0 Å². The second-order valence-corrected chi connectivity index (χ2v) is 3.91. The topological polar surface area (TPSA) is 105 Å². The van der Waals surface area contributed by atoms with Crippen LogP contribution in [0.4, 0.5) is 0 Å². The summed E-state index contributed by atoms with van der Waals surface area (Å²) < 4.78 is 0. The molecule has 6 N–H and O–H groups in total. The molecule has 0 aromatic carbocycles. The molecule has 2 unspecified atom stereocenters. The van der Waals surface area contributed by atoms with E-state index in [-0.39, 0.29) is 6.04 Å². The van der Waals surface area contributed by atoms with E-state index in [2.05, 4.69) is 4.99 Å². The molecule has 15 heavy (non-hydrogen) atoms. The third-order valence-electron chi connectivity index (χ3n) is 2.24. The van der Waals surface area contributed by atoms with Crippen LogP contribution in [-0.4, -0.2) is 40.8 Å². The van der Waals surface area contributed by atoms with Crippen LogP contribution in [0.2, 0.25) is 0 Å². The van der Waals surface area contributed by atoms with E-state index in [1.54, 1.807) is 6.92 Å². The van der Waals surface area contributed by atoms with Crippen molar-refractivity contribution in [2.45, 2.75) is 51.4 Å². The molecule has 0 rings (SSSR count). The molecule has 90 valence electrons. The average Bonchev–Trinajstić information content (AvgIpc) is 2.15. The van der Waals surface area contributed by atoms with Crippen LogP contribution in [0, 0.1) is 0 Å². The molecule has 0 spiro atoms. The van der Waals surface area contributed by atoms with Crippen LogP contribution in [0.15, 0.2) is 4.99 Å². The van der Waals surface area contributed by atoms with Gasteiger partial charge in [-0.05, 0) is 33.1 Å². The highest BCUT2D eigenvalue weighted by molar-refractivity contribution is 5.77. The minimum absolute atomic E-state index is 0.368. The Kier molecular flexibility index (Phi) is 7.29. The minimum Gasteiger partial charge on any atom is -0.391 e. The highest BCUT2D eigenvalue weighted by Gasteiger charge is 2.18. The summed E-state index contributed by atoms with van der Waals surface area (Å²) in [4.78, 5) is 4.04. The Labute approximate surface area is 91.2 Å². The van der Waals surface area contributed by atoms with Gasteiger partial charge in [0.15, 0.2) is 0 Å². The van der Waals surface area contributed by atoms with Crippen molar-refractivity contribution in [1.29, 1.82) is 0 Å². The zero-order valence-electron chi connectivity index (χ0n) is 9.56. The molecule has 0 saturated carbocycles. The largest absolute Gasteiger partial charge is 0.391 e. The number of hydrogen-bond acceptors (Lipinski definition) is 4. The van der Waals surface area contributed by atoms with Crippen LogP contribution in [0.25, 0.3) is 0 Å². The van der Waals surface area contributed by atoms with Crippen LogP contribution >= 0.6 is 0 Å². The van der Waals surface area contributed by atoms with Crippen molar-refractivity contribution in [1.82, 2.24) is 0 Å². The first-order chi connectivity index (χ1) is 6.95. The summed E-state index contributed by atoms with van der Waals surface area (Å²) in [6, 6.07) is -0.368. The van der Waals surface area contributed by atoms with E-state index < -0.39 is 12.2 Å².